The number of benzene rings is 1. The number of halogens is 1. The van der Waals surface area contributed by atoms with Gasteiger partial charge in [-0.15, -0.1) is 10.2 Å². The van der Waals surface area contributed by atoms with E-state index in [-0.39, 0.29) is 11.8 Å². The molecule has 2 aliphatic rings. The molecule has 31 heavy (non-hydrogen) atoms. The monoisotopic (exact) mass is 420 g/mol. The van der Waals surface area contributed by atoms with Crippen LogP contribution in [0.1, 0.15) is 31.4 Å². The zero-order valence-electron chi connectivity index (χ0n) is 17.3. The number of phenols is 1. The molecule has 0 spiro atoms. The van der Waals surface area contributed by atoms with Crippen molar-refractivity contribution in [2.45, 2.75) is 57.0 Å². The maximum absolute atomic E-state index is 14.7. The third kappa shape index (κ3) is 4.10. The molecule has 2 saturated heterocycles. The van der Waals surface area contributed by atoms with Crippen molar-refractivity contribution in [2.24, 2.45) is 0 Å². The average molecular weight is 420 g/mol. The van der Waals surface area contributed by atoms with Gasteiger partial charge in [-0.25, -0.2) is 4.39 Å². The highest BCUT2D eigenvalue weighted by Crippen LogP contribution is 2.34. The molecule has 2 aliphatic heterocycles. The van der Waals surface area contributed by atoms with Crippen molar-refractivity contribution in [3.05, 3.63) is 54.4 Å². The van der Waals surface area contributed by atoms with Crippen LogP contribution in [0.15, 0.2) is 48.7 Å². The molecule has 3 aromatic rings. The Balaban J connectivity index is 1.32. The molecule has 2 bridgehead atoms. The number of phenolic OH excluding ortho intramolecular Hbond substituents is 1. The number of aromatic nitrogens is 3. The van der Waals surface area contributed by atoms with Crippen LogP contribution < -0.4 is 10.1 Å². The van der Waals surface area contributed by atoms with Crippen LogP contribution in [0, 0.1) is 6.92 Å². The van der Waals surface area contributed by atoms with Gasteiger partial charge in [0, 0.05) is 42.0 Å². The van der Waals surface area contributed by atoms with E-state index in [1.807, 2.05) is 31.2 Å². The number of piperidine rings is 2. The molecule has 4 heterocycles. The van der Waals surface area contributed by atoms with Gasteiger partial charge in [0.05, 0.1) is 5.69 Å². The third-order valence-corrected chi connectivity index (χ3v) is 6.19. The third-order valence-electron chi connectivity index (χ3n) is 6.19. The van der Waals surface area contributed by atoms with Crippen LogP contribution in [0.5, 0.6) is 11.6 Å². The highest BCUT2D eigenvalue weighted by atomic mass is 19.1. The number of hydrogen-bond donors (Lipinski definition) is 2. The summed E-state index contributed by atoms with van der Waals surface area (Å²) in [5, 5.41) is 22.3. The highest BCUT2D eigenvalue weighted by Gasteiger charge is 2.41. The summed E-state index contributed by atoms with van der Waals surface area (Å²) in [4.78, 5) is 4.20. The number of alkyl halides is 1. The number of pyridine rings is 1. The van der Waals surface area contributed by atoms with Crippen LogP contribution >= 0.6 is 0 Å². The number of nitrogens with one attached hydrogen (secondary N) is 1. The molecule has 7 heteroatoms. The van der Waals surface area contributed by atoms with Gasteiger partial charge in [-0.05, 0) is 61.2 Å². The van der Waals surface area contributed by atoms with Crippen molar-refractivity contribution < 1.29 is 14.2 Å². The van der Waals surface area contributed by atoms with Crippen LogP contribution in [0.3, 0.4) is 0 Å². The standard InChI is InChI=1S/C24H25FN4O2/c1-14-11-16(9-10-26-14)15-5-6-18(21(30)12-15)19-7-8-23(29-28-19)31-22-13-17-3-2-4-20(27-17)24(22)25/h5-12,17,20,22,24,27,30H,2-4,13H2,1H3/t17-,20+,22-,24+/m0/s1. The summed E-state index contributed by atoms with van der Waals surface area (Å²) in [7, 11) is 0. The molecule has 0 unspecified atom stereocenters. The molecule has 4 atom stereocenters. The minimum Gasteiger partial charge on any atom is -0.507 e. The summed E-state index contributed by atoms with van der Waals surface area (Å²) in [6.07, 6.45) is 3.79. The Morgan fingerprint density at radius 2 is 1.94 bits per heavy atom. The lowest BCUT2D eigenvalue weighted by molar-refractivity contribution is 0.00652. The highest BCUT2D eigenvalue weighted by molar-refractivity contribution is 5.74. The number of aromatic hydroxyl groups is 1. The molecular weight excluding hydrogens is 395 g/mol. The Morgan fingerprint density at radius 1 is 1.06 bits per heavy atom. The summed E-state index contributed by atoms with van der Waals surface area (Å²) < 4.78 is 20.6. The molecule has 2 fully saturated rings. The minimum absolute atomic E-state index is 0.116. The van der Waals surface area contributed by atoms with E-state index in [1.165, 1.54) is 0 Å². The largest absolute Gasteiger partial charge is 0.507 e. The number of hydrogen-bond acceptors (Lipinski definition) is 6. The second kappa shape index (κ2) is 8.23. The van der Waals surface area contributed by atoms with Crippen molar-refractivity contribution in [3.8, 4) is 34.0 Å². The van der Waals surface area contributed by atoms with Crippen molar-refractivity contribution >= 4 is 0 Å². The fourth-order valence-corrected chi connectivity index (χ4v) is 4.61. The molecule has 160 valence electrons. The second-order valence-corrected chi connectivity index (χ2v) is 8.41. The zero-order valence-corrected chi connectivity index (χ0v) is 17.3. The summed E-state index contributed by atoms with van der Waals surface area (Å²) in [6, 6.07) is 12.9. The summed E-state index contributed by atoms with van der Waals surface area (Å²) in [6.45, 7) is 1.93. The first-order valence-corrected chi connectivity index (χ1v) is 10.7. The van der Waals surface area contributed by atoms with E-state index in [9.17, 15) is 9.50 Å². The summed E-state index contributed by atoms with van der Waals surface area (Å²) in [5.41, 5.74) is 3.90. The topological polar surface area (TPSA) is 80.2 Å². The van der Waals surface area contributed by atoms with Crippen LogP contribution in [0.4, 0.5) is 4.39 Å². The molecular formula is C24H25FN4O2. The van der Waals surface area contributed by atoms with Gasteiger partial charge in [-0.2, -0.15) is 0 Å². The number of ether oxygens (including phenoxy) is 1. The van der Waals surface area contributed by atoms with Gasteiger partial charge in [0.25, 0.3) is 0 Å². The van der Waals surface area contributed by atoms with E-state index in [0.717, 1.165) is 36.1 Å². The lowest BCUT2D eigenvalue weighted by atomic mass is 9.84. The molecule has 5 rings (SSSR count). The molecule has 0 saturated carbocycles. The number of nitrogens with zero attached hydrogens (tertiary/aromatic N) is 3. The number of fused-ring (bicyclic) bond motifs is 2. The Kier molecular flexibility index (Phi) is 5.28. The zero-order chi connectivity index (χ0) is 21.4. The van der Waals surface area contributed by atoms with Gasteiger partial charge < -0.3 is 15.2 Å². The van der Waals surface area contributed by atoms with Crippen LogP contribution in [0.25, 0.3) is 22.4 Å². The van der Waals surface area contributed by atoms with E-state index in [4.69, 9.17) is 4.74 Å². The normalized spacial score (nSPS) is 25.2. The second-order valence-electron chi connectivity index (χ2n) is 8.41. The van der Waals surface area contributed by atoms with E-state index in [0.29, 0.717) is 29.6 Å². The molecule has 2 aromatic heterocycles. The number of rotatable bonds is 4. The molecule has 0 radical (unpaired) electrons. The smallest absolute Gasteiger partial charge is 0.233 e. The fourth-order valence-electron chi connectivity index (χ4n) is 4.61. The summed E-state index contributed by atoms with van der Waals surface area (Å²) in [5.74, 6) is 0.421. The molecule has 0 amide bonds. The van der Waals surface area contributed by atoms with Gasteiger partial charge in [-0.1, -0.05) is 12.5 Å². The van der Waals surface area contributed by atoms with Gasteiger partial charge in [0.15, 0.2) is 6.17 Å². The van der Waals surface area contributed by atoms with Gasteiger partial charge in [0.2, 0.25) is 5.88 Å². The van der Waals surface area contributed by atoms with E-state index < -0.39 is 12.3 Å². The van der Waals surface area contributed by atoms with Crippen molar-refractivity contribution in [1.29, 1.82) is 0 Å². The van der Waals surface area contributed by atoms with E-state index in [1.54, 1.807) is 24.4 Å². The van der Waals surface area contributed by atoms with Gasteiger partial charge >= 0.3 is 0 Å². The van der Waals surface area contributed by atoms with Gasteiger partial charge in [-0.3, -0.25) is 4.98 Å². The maximum Gasteiger partial charge on any atom is 0.233 e. The van der Waals surface area contributed by atoms with Crippen LogP contribution in [-0.4, -0.2) is 44.6 Å². The summed E-state index contributed by atoms with van der Waals surface area (Å²) >= 11 is 0. The van der Waals surface area contributed by atoms with E-state index in [2.05, 4.69) is 20.5 Å². The van der Waals surface area contributed by atoms with Gasteiger partial charge in [0.1, 0.15) is 11.9 Å². The number of aryl methyl sites for hydroxylation is 1. The van der Waals surface area contributed by atoms with Crippen LogP contribution in [0.2, 0.25) is 0 Å². The van der Waals surface area contributed by atoms with Crippen molar-refractivity contribution in [1.82, 2.24) is 20.5 Å². The maximum atomic E-state index is 14.7. The quantitative estimate of drug-likeness (QED) is 0.658. The predicted octanol–water partition coefficient (Wildman–Crippen LogP) is 4.22. The van der Waals surface area contributed by atoms with E-state index >= 15 is 0 Å². The Hall–Kier alpha value is -3.06. The first-order chi connectivity index (χ1) is 15.1. The van der Waals surface area contributed by atoms with Crippen molar-refractivity contribution in [3.63, 3.8) is 0 Å². The SMILES string of the molecule is Cc1cc(-c2ccc(-c3ccc(O[C@H]4C[C@@H]5CCC[C@@H](N5)[C@H]4F)nn3)c(O)c2)ccn1. The lowest BCUT2D eigenvalue weighted by Gasteiger charge is -2.42. The first kappa shape index (κ1) is 19.9. The Morgan fingerprint density at radius 3 is 2.71 bits per heavy atom. The molecule has 6 nitrogen and oxygen atoms in total. The molecule has 1 aromatic carbocycles. The van der Waals surface area contributed by atoms with Crippen molar-refractivity contribution in [2.75, 3.05) is 0 Å². The Bertz CT molecular complexity index is 1080. The first-order valence-electron chi connectivity index (χ1n) is 10.7. The predicted molar refractivity (Wildman–Crippen MR) is 116 cm³/mol. The Labute approximate surface area is 180 Å². The minimum atomic E-state index is -1.05. The molecule has 0 aliphatic carbocycles. The van der Waals surface area contributed by atoms with Crippen LogP contribution in [-0.2, 0) is 0 Å². The fraction of sp³-hybridized carbons (Fsp3) is 0.375. The molecule has 2 N–H and O–H groups in total. The average Bonchev–Trinajstić information content (AvgIpc) is 2.78. The lowest BCUT2D eigenvalue weighted by Crippen LogP contribution is -2.59.